The van der Waals surface area contributed by atoms with E-state index >= 15 is 0 Å². The highest BCUT2D eigenvalue weighted by molar-refractivity contribution is 8.76. The summed E-state index contributed by atoms with van der Waals surface area (Å²) in [5.41, 5.74) is 19.4. The van der Waals surface area contributed by atoms with Gasteiger partial charge in [-0.05, 0) is 44.5 Å². The number of anilines is 2. The van der Waals surface area contributed by atoms with Crippen molar-refractivity contribution in [3.05, 3.63) is 74.6 Å². The van der Waals surface area contributed by atoms with Gasteiger partial charge < -0.3 is 53.4 Å². The maximum atomic E-state index is 13.7. The lowest BCUT2D eigenvalue weighted by Gasteiger charge is -2.25. The van der Waals surface area contributed by atoms with Gasteiger partial charge in [0.25, 0.3) is 11.5 Å². The number of aromatic nitrogens is 4. The highest BCUT2D eigenvalue weighted by Crippen LogP contribution is 2.43. The lowest BCUT2D eigenvalue weighted by Crippen LogP contribution is -2.48. The van der Waals surface area contributed by atoms with Gasteiger partial charge in [-0.3, -0.25) is 39.1 Å². The molecule has 13 N–H and O–H groups in total. The maximum Gasteiger partial charge on any atom is 0.404 e. The molecule has 336 valence electrons. The number of nitrogens with two attached hydrogens (primary N) is 3. The first kappa shape index (κ1) is 46.3. The minimum atomic E-state index is -0.949. The third kappa shape index (κ3) is 11.4. The van der Waals surface area contributed by atoms with Crippen molar-refractivity contribution in [2.24, 2.45) is 17.4 Å². The fourth-order valence-electron chi connectivity index (χ4n) is 7.35. The molecule has 1 aliphatic carbocycles. The summed E-state index contributed by atoms with van der Waals surface area (Å²) in [6, 6.07) is 5.53. The summed E-state index contributed by atoms with van der Waals surface area (Å²) < 4.78 is 5.10. The highest BCUT2D eigenvalue weighted by Gasteiger charge is 2.53. The number of ether oxygens (including phenoxy) is 1. The monoisotopic (exact) mass is 906 g/mol. The van der Waals surface area contributed by atoms with Crippen LogP contribution < -0.4 is 54.7 Å². The first-order chi connectivity index (χ1) is 30.2. The number of hydrogen-bond donors (Lipinski definition) is 10. The van der Waals surface area contributed by atoms with Gasteiger partial charge in [0.05, 0.1) is 42.5 Å². The molecule has 0 spiro atoms. The van der Waals surface area contributed by atoms with Crippen LogP contribution in [0.3, 0.4) is 0 Å². The Morgan fingerprint density at radius 2 is 1.73 bits per heavy atom. The van der Waals surface area contributed by atoms with Crippen molar-refractivity contribution < 1.29 is 33.5 Å². The van der Waals surface area contributed by atoms with Crippen LogP contribution in [-0.4, -0.2) is 129 Å². The van der Waals surface area contributed by atoms with Gasteiger partial charge in [0.2, 0.25) is 29.3 Å². The molecule has 4 unspecified atom stereocenters. The van der Waals surface area contributed by atoms with Crippen LogP contribution in [-0.2, 0) is 30.5 Å². The maximum absolute atomic E-state index is 13.7. The Morgan fingerprint density at radius 3 is 2.48 bits per heavy atom. The first-order valence-corrected chi connectivity index (χ1v) is 22.6. The summed E-state index contributed by atoms with van der Waals surface area (Å²) in [4.78, 5) is 105. The van der Waals surface area contributed by atoms with Crippen LogP contribution in [0.15, 0.2) is 57.8 Å². The van der Waals surface area contributed by atoms with E-state index in [1.807, 2.05) is 11.8 Å². The number of nitrogens with one attached hydrogen (secondary N) is 7. The Bertz CT molecular complexity index is 2380. The molecule has 1 fully saturated rings. The molecule has 0 radical (unpaired) electrons. The van der Waals surface area contributed by atoms with E-state index in [-0.39, 0.29) is 90.9 Å². The number of primary amides is 1. The van der Waals surface area contributed by atoms with Crippen LogP contribution in [0.4, 0.5) is 16.4 Å². The quantitative estimate of drug-likeness (QED) is 0.0347. The predicted molar refractivity (Wildman–Crippen MR) is 236 cm³/mol. The van der Waals surface area contributed by atoms with Gasteiger partial charge in [-0.25, -0.2) is 14.8 Å². The average molecular weight is 907 g/mol. The van der Waals surface area contributed by atoms with Gasteiger partial charge in [-0.2, -0.15) is 4.98 Å². The van der Waals surface area contributed by atoms with Crippen molar-refractivity contribution in [1.29, 1.82) is 0 Å². The summed E-state index contributed by atoms with van der Waals surface area (Å²) in [6.45, 7) is 5.11. The third-order valence-corrected chi connectivity index (χ3v) is 12.9. The molecule has 4 atom stereocenters. The van der Waals surface area contributed by atoms with Crippen molar-refractivity contribution in [3.8, 4) is 0 Å². The Morgan fingerprint density at radius 1 is 0.984 bits per heavy atom. The molecule has 22 nitrogen and oxygen atoms in total. The van der Waals surface area contributed by atoms with E-state index in [1.54, 1.807) is 31.2 Å². The molecular formula is C39H50N14O8S2. The van der Waals surface area contributed by atoms with Crippen molar-refractivity contribution in [2.75, 3.05) is 62.0 Å². The Hall–Kier alpha value is -6.24. The van der Waals surface area contributed by atoms with Crippen molar-refractivity contribution in [2.45, 2.75) is 51.4 Å². The number of aromatic amines is 1. The molecule has 63 heavy (non-hydrogen) atoms. The number of H-pyrrole nitrogens is 1. The zero-order valence-electron chi connectivity index (χ0n) is 34.6. The van der Waals surface area contributed by atoms with Crippen LogP contribution in [0.2, 0.25) is 0 Å². The number of Topliss-reactive ketones (excluding diaryl/α,β-unsaturated/α-hetero) is 2. The molecule has 4 heterocycles. The topological polar surface area (TPSA) is 337 Å². The van der Waals surface area contributed by atoms with Gasteiger partial charge in [0, 0.05) is 78.5 Å². The first-order valence-electron chi connectivity index (χ1n) is 20.1. The molecule has 1 aromatic carbocycles. The van der Waals surface area contributed by atoms with Crippen LogP contribution >= 0.6 is 21.6 Å². The normalized spacial score (nSPS) is 18.5. The minimum absolute atomic E-state index is 0.0406. The van der Waals surface area contributed by atoms with Gasteiger partial charge >= 0.3 is 6.09 Å². The van der Waals surface area contributed by atoms with E-state index in [0.717, 1.165) is 0 Å². The second-order valence-corrected chi connectivity index (χ2v) is 17.5. The van der Waals surface area contributed by atoms with Gasteiger partial charge in [0.1, 0.15) is 12.6 Å². The fraction of sp³-hybridized carbons (Fsp3) is 0.436. The molecule has 6 rings (SSSR count). The Kier molecular flexibility index (Phi) is 15.6. The second-order valence-electron chi connectivity index (χ2n) is 14.8. The van der Waals surface area contributed by atoms with Gasteiger partial charge in [-0.15, -0.1) is 0 Å². The fourth-order valence-corrected chi connectivity index (χ4v) is 9.17. The molecule has 1 saturated heterocycles. The van der Waals surface area contributed by atoms with E-state index in [9.17, 15) is 33.6 Å². The largest absolute Gasteiger partial charge is 0.449 e. The number of amides is 4. The van der Waals surface area contributed by atoms with Crippen molar-refractivity contribution in [3.63, 3.8) is 0 Å². The number of fused-ring (bicyclic) bond motifs is 3. The van der Waals surface area contributed by atoms with Crippen LogP contribution in [0.1, 0.15) is 42.7 Å². The van der Waals surface area contributed by atoms with Gasteiger partial charge in [0.15, 0.2) is 11.2 Å². The number of ketones is 2. The molecule has 0 bridgehead atoms. The number of carbonyl (C=O) groups excluding carboxylic acids is 6. The zero-order valence-corrected chi connectivity index (χ0v) is 36.2. The number of nitrogen functional groups attached to an aromatic ring is 1. The van der Waals surface area contributed by atoms with Crippen molar-refractivity contribution >= 4 is 79.8 Å². The average Bonchev–Trinajstić information content (AvgIpc) is 3.80. The van der Waals surface area contributed by atoms with E-state index in [1.165, 1.54) is 27.8 Å². The molecule has 24 heteroatoms. The summed E-state index contributed by atoms with van der Waals surface area (Å²) in [5.74, 6) is -0.915. The van der Waals surface area contributed by atoms with E-state index < -0.39 is 29.5 Å². The van der Waals surface area contributed by atoms with Crippen LogP contribution in [0.5, 0.6) is 0 Å². The summed E-state index contributed by atoms with van der Waals surface area (Å²) in [7, 11) is 3.04. The minimum Gasteiger partial charge on any atom is -0.449 e. The molecular weight excluding hydrogens is 857 g/mol. The summed E-state index contributed by atoms with van der Waals surface area (Å²) in [6.07, 6.45) is 1.04. The molecule has 2 aliphatic heterocycles. The lowest BCUT2D eigenvalue weighted by atomic mass is 9.83. The number of nitrogens with zero attached hydrogens (tertiary/aromatic N) is 4. The number of hydrogen-bond acceptors (Lipinski definition) is 19. The van der Waals surface area contributed by atoms with Gasteiger partial charge in [-0.1, -0.05) is 21.6 Å². The van der Waals surface area contributed by atoms with E-state index in [0.29, 0.717) is 71.5 Å². The number of benzene rings is 1. The Balaban J connectivity index is 0.800. The second kappa shape index (κ2) is 21.2. The molecule has 0 saturated carbocycles. The molecule has 3 aromatic rings. The Labute approximate surface area is 368 Å². The zero-order chi connectivity index (χ0) is 45.2. The molecule has 4 amide bonds. The van der Waals surface area contributed by atoms with Crippen LogP contribution in [0.25, 0.3) is 11.2 Å². The predicted octanol–water partition coefficient (Wildman–Crippen LogP) is -1.03. The molecule has 2 aromatic heterocycles. The molecule has 3 aliphatic rings. The summed E-state index contributed by atoms with van der Waals surface area (Å²) in [5, 5.41) is 17.8. The van der Waals surface area contributed by atoms with E-state index in [4.69, 9.17) is 21.9 Å². The number of carbonyl (C=O) groups is 6. The summed E-state index contributed by atoms with van der Waals surface area (Å²) >= 11 is 0. The standard InChI is InChI=1S/C39H50N14O8S2/c1-19-28(33(56)27-24(17-61-39(42)60)30-20(2)49-18-53(30)31(27)32(19)55)43-10-12-62-63-13-11-45-36(58)25(40)16-47-26(54)4-3-9-44-35(57)21-5-7-22(8-6-21)46-14-23-15-48-34-29(50-23)37(59)52-38(41)51-34/h5-8,15,20,24-25,30,43,46,49H,3-4,9-14,16-18,40H2,1-2H3,(H2,42,60)(H,44,57)(H,45,58)(H,47,54)(H3,41,48,51,52,59). The van der Waals surface area contributed by atoms with Crippen molar-refractivity contribution in [1.82, 2.24) is 51.4 Å². The third-order valence-electron chi connectivity index (χ3n) is 10.5. The number of allylic oxidation sites excluding steroid dienone is 2. The lowest BCUT2D eigenvalue weighted by molar-refractivity contribution is -0.123. The van der Waals surface area contributed by atoms with Crippen LogP contribution in [0, 0.1) is 5.92 Å². The highest BCUT2D eigenvalue weighted by atomic mass is 33.1. The number of rotatable bonds is 21. The SMILES string of the molecule is CC1=C(NCCSSCCNC(=O)C(N)CNC(=O)CCCNC(=O)c2ccc(NCc3cnc4nc(N)[nH]c(=O)c4n3)cc2)C(=O)C2=C(C1=O)N1CNC(C)C1C2COC(N)=O. The smallest absolute Gasteiger partial charge is 0.404 e. The van der Waals surface area contributed by atoms with E-state index in [2.05, 4.69) is 51.8 Å².